The Hall–Kier alpha value is -1.54. The van der Waals surface area contributed by atoms with Crippen molar-refractivity contribution >= 4 is 17.3 Å². The minimum Gasteiger partial charge on any atom is -0.381 e. The fourth-order valence-electron chi connectivity index (χ4n) is 1.37. The zero-order chi connectivity index (χ0) is 11.4. The van der Waals surface area contributed by atoms with Gasteiger partial charge in [0, 0.05) is 17.3 Å². The summed E-state index contributed by atoms with van der Waals surface area (Å²) in [5.41, 5.74) is 2.03. The fraction of sp³-hybridized carbons (Fsp3) is 0.0769. The molecule has 0 saturated carbocycles. The summed E-state index contributed by atoms with van der Waals surface area (Å²) in [6.07, 6.45) is 0. The van der Waals surface area contributed by atoms with E-state index >= 15 is 0 Å². The Morgan fingerprint density at radius 3 is 2.19 bits per heavy atom. The second-order valence-electron chi connectivity index (χ2n) is 3.49. The molecule has 0 unspecified atom stereocenters. The largest absolute Gasteiger partial charge is 0.381 e. The van der Waals surface area contributed by atoms with Crippen LogP contribution in [0.2, 0.25) is 5.02 Å². The number of rotatable bonds is 3. The van der Waals surface area contributed by atoms with Crippen LogP contribution >= 0.6 is 11.6 Å². The highest BCUT2D eigenvalue weighted by Crippen LogP contribution is 2.12. The number of hydrogen-bond acceptors (Lipinski definition) is 1. The van der Waals surface area contributed by atoms with Gasteiger partial charge < -0.3 is 5.32 Å². The van der Waals surface area contributed by atoms with Gasteiger partial charge in [0.05, 0.1) is 0 Å². The second kappa shape index (κ2) is 4.99. The molecule has 2 aromatic carbocycles. The highest BCUT2D eigenvalue weighted by atomic mass is 35.5. The molecule has 0 radical (unpaired) electrons. The van der Waals surface area contributed by atoms with Crippen LogP contribution in [0.1, 0.15) is 5.56 Å². The maximum absolute atomic E-state index is 12.7. The van der Waals surface area contributed by atoms with E-state index in [9.17, 15) is 4.39 Å². The topological polar surface area (TPSA) is 12.0 Å². The van der Waals surface area contributed by atoms with Crippen LogP contribution in [0.4, 0.5) is 10.1 Å². The van der Waals surface area contributed by atoms with E-state index in [0.29, 0.717) is 6.54 Å². The Labute approximate surface area is 98.9 Å². The monoisotopic (exact) mass is 235 g/mol. The fourth-order valence-corrected chi connectivity index (χ4v) is 1.50. The molecule has 0 saturated heterocycles. The molecule has 82 valence electrons. The molecule has 0 aliphatic heterocycles. The van der Waals surface area contributed by atoms with Crippen LogP contribution in [0.15, 0.2) is 48.5 Å². The van der Waals surface area contributed by atoms with Crippen LogP contribution in [0, 0.1) is 5.82 Å². The Morgan fingerprint density at radius 1 is 0.938 bits per heavy atom. The van der Waals surface area contributed by atoms with Crippen molar-refractivity contribution in [1.82, 2.24) is 0 Å². The molecule has 0 aliphatic rings. The summed E-state index contributed by atoms with van der Waals surface area (Å²) < 4.78 is 12.7. The van der Waals surface area contributed by atoms with Crippen molar-refractivity contribution in [2.45, 2.75) is 6.54 Å². The molecule has 0 heterocycles. The van der Waals surface area contributed by atoms with Crippen LogP contribution in [-0.2, 0) is 6.54 Å². The quantitative estimate of drug-likeness (QED) is 0.845. The maximum Gasteiger partial charge on any atom is 0.123 e. The summed E-state index contributed by atoms with van der Waals surface area (Å²) in [6.45, 7) is 0.697. The van der Waals surface area contributed by atoms with Gasteiger partial charge in [-0.3, -0.25) is 0 Å². The van der Waals surface area contributed by atoms with Gasteiger partial charge in [-0.25, -0.2) is 4.39 Å². The van der Waals surface area contributed by atoms with E-state index in [-0.39, 0.29) is 5.82 Å². The minimum atomic E-state index is -0.225. The molecule has 0 aliphatic carbocycles. The first-order valence-electron chi connectivity index (χ1n) is 4.98. The lowest BCUT2D eigenvalue weighted by atomic mass is 10.2. The summed E-state index contributed by atoms with van der Waals surface area (Å²) >= 11 is 5.78. The summed E-state index contributed by atoms with van der Waals surface area (Å²) in [6, 6.07) is 13.9. The van der Waals surface area contributed by atoms with Crippen molar-refractivity contribution in [2.24, 2.45) is 0 Å². The van der Waals surface area contributed by atoms with E-state index < -0.39 is 0 Å². The normalized spacial score (nSPS) is 10.1. The van der Waals surface area contributed by atoms with Crippen LogP contribution in [0.5, 0.6) is 0 Å². The number of nitrogens with one attached hydrogen (secondary N) is 1. The van der Waals surface area contributed by atoms with Gasteiger partial charge in [-0.2, -0.15) is 0 Å². The summed E-state index contributed by atoms with van der Waals surface area (Å²) in [5.74, 6) is -0.225. The second-order valence-corrected chi connectivity index (χ2v) is 3.92. The van der Waals surface area contributed by atoms with E-state index in [1.807, 2.05) is 24.3 Å². The van der Waals surface area contributed by atoms with Gasteiger partial charge >= 0.3 is 0 Å². The molecule has 0 fully saturated rings. The predicted molar refractivity (Wildman–Crippen MR) is 65.2 cm³/mol. The summed E-state index contributed by atoms with van der Waals surface area (Å²) in [4.78, 5) is 0. The van der Waals surface area contributed by atoms with Crippen molar-refractivity contribution in [3.8, 4) is 0 Å². The smallest absolute Gasteiger partial charge is 0.123 e. The van der Waals surface area contributed by atoms with Crippen molar-refractivity contribution in [1.29, 1.82) is 0 Å². The Bertz CT molecular complexity index is 405. The van der Waals surface area contributed by atoms with Crippen LogP contribution in [0.25, 0.3) is 0 Å². The van der Waals surface area contributed by atoms with Gasteiger partial charge in [0.1, 0.15) is 5.82 Å². The Kier molecular flexibility index (Phi) is 3.42. The molecule has 0 bridgehead atoms. The Morgan fingerprint density at radius 2 is 1.56 bits per heavy atom. The lowest BCUT2D eigenvalue weighted by molar-refractivity contribution is 0.628. The van der Waals surface area contributed by atoms with Gasteiger partial charge in [-0.15, -0.1) is 0 Å². The first-order valence-corrected chi connectivity index (χ1v) is 5.36. The first kappa shape index (κ1) is 11.0. The third-order valence-electron chi connectivity index (χ3n) is 2.25. The highest BCUT2D eigenvalue weighted by molar-refractivity contribution is 6.30. The molecule has 3 heteroatoms. The van der Waals surface area contributed by atoms with Gasteiger partial charge in [-0.1, -0.05) is 23.7 Å². The molecule has 0 spiro atoms. The average Bonchev–Trinajstić information content (AvgIpc) is 2.30. The number of benzene rings is 2. The van der Waals surface area contributed by atoms with Crippen molar-refractivity contribution in [2.75, 3.05) is 5.32 Å². The van der Waals surface area contributed by atoms with E-state index in [2.05, 4.69) is 5.32 Å². The Balaban J connectivity index is 1.97. The van der Waals surface area contributed by atoms with Crippen LogP contribution in [0.3, 0.4) is 0 Å². The van der Waals surface area contributed by atoms with Crippen molar-refractivity contribution in [3.05, 3.63) is 64.9 Å². The third-order valence-corrected chi connectivity index (χ3v) is 2.51. The number of halogens is 2. The molecular weight excluding hydrogens is 225 g/mol. The van der Waals surface area contributed by atoms with Crippen molar-refractivity contribution < 1.29 is 4.39 Å². The standard InChI is InChI=1S/C13H11ClFN/c14-11-3-1-10(2-4-11)9-16-13-7-5-12(15)6-8-13/h1-8,16H,9H2. The van der Waals surface area contributed by atoms with Crippen LogP contribution < -0.4 is 5.32 Å². The molecule has 1 N–H and O–H groups in total. The van der Waals surface area contributed by atoms with Gasteiger partial charge in [0.15, 0.2) is 0 Å². The maximum atomic E-state index is 12.7. The van der Waals surface area contributed by atoms with E-state index in [4.69, 9.17) is 11.6 Å². The zero-order valence-electron chi connectivity index (χ0n) is 8.58. The lowest BCUT2D eigenvalue weighted by Crippen LogP contribution is -1.98. The highest BCUT2D eigenvalue weighted by Gasteiger charge is 1.95. The lowest BCUT2D eigenvalue weighted by Gasteiger charge is -2.06. The molecule has 0 atom stereocenters. The molecule has 0 aromatic heterocycles. The van der Waals surface area contributed by atoms with E-state index in [1.165, 1.54) is 12.1 Å². The summed E-state index contributed by atoms with van der Waals surface area (Å²) in [5, 5.41) is 3.93. The minimum absolute atomic E-state index is 0.225. The van der Waals surface area contributed by atoms with Gasteiger partial charge in [-0.05, 0) is 42.0 Å². The number of hydrogen-bond donors (Lipinski definition) is 1. The molecule has 2 aromatic rings. The zero-order valence-corrected chi connectivity index (χ0v) is 9.34. The SMILES string of the molecule is Fc1ccc(NCc2ccc(Cl)cc2)cc1. The number of anilines is 1. The molecule has 0 amide bonds. The molecule has 2 rings (SSSR count). The van der Waals surface area contributed by atoms with Gasteiger partial charge in [0.25, 0.3) is 0 Å². The van der Waals surface area contributed by atoms with E-state index in [1.54, 1.807) is 12.1 Å². The predicted octanol–water partition coefficient (Wildman–Crippen LogP) is 4.09. The molecule has 1 nitrogen and oxygen atoms in total. The van der Waals surface area contributed by atoms with E-state index in [0.717, 1.165) is 16.3 Å². The molecule has 16 heavy (non-hydrogen) atoms. The van der Waals surface area contributed by atoms with Crippen LogP contribution in [-0.4, -0.2) is 0 Å². The van der Waals surface area contributed by atoms with Gasteiger partial charge in [0.2, 0.25) is 0 Å². The average molecular weight is 236 g/mol. The van der Waals surface area contributed by atoms with Crippen molar-refractivity contribution in [3.63, 3.8) is 0 Å². The first-order chi connectivity index (χ1) is 7.74. The molecular formula is C13H11ClFN. The summed E-state index contributed by atoms with van der Waals surface area (Å²) in [7, 11) is 0. The third kappa shape index (κ3) is 2.97.